The molecular weight excluding hydrogens is 742 g/mol. The third kappa shape index (κ3) is 7.93. The molecular formula is C39H46ClN9O3S2. The zero-order valence-corrected chi connectivity index (χ0v) is 34.0. The van der Waals surface area contributed by atoms with Crippen LogP contribution < -0.4 is 10.1 Å². The molecule has 0 fully saturated rings. The highest BCUT2D eigenvalue weighted by molar-refractivity contribution is 7.19. The first-order valence-corrected chi connectivity index (χ1v) is 20.3. The van der Waals surface area contributed by atoms with E-state index in [4.69, 9.17) is 16.3 Å². The number of amides is 2. The summed E-state index contributed by atoms with van der Waals surface area (Å²) >= 11 is 9.49. The Hall–Kier alpha value is -4.24. The SMILES string of the molecule is CN(C)C(=O)[C@H]1CCc2c(sc3ncnc(Cl)c23)C1.CN(C)CCCOc1cc2c(cc1Nc1ncnc3sc4c(c13)CC[C@H](C(=O)N(C)C)C4)C=NC2. The molecule has 2 aliphatic carbocycles. The Morgan fingerprint density at radius 3 is 2.09 bits per heavy atom. The Labute approximate surface area is 328 Å². The molecule has 0 radical (unpaired) electrons. The summed E-state index contributed by atoms with van der Waals surface area (Å²) in [5.74, 6) is 2.14. The van der Waals surface area contributed by atoms with Crippen molar-refractivity contribution >= 4 is 84.2 Å². The molecule has 12 nitrogen and oxygen atoms in total. The summed E-state index contributed by atoms with van der Waals surface area (Å²) in [4.78, 5) is 56.5. The number of hydrogen-bond donors (Lipinski definition) is 1. The van der Waals surface area contributed by atoms with Gasteiger partial charge in [-0.05, 0) is 93.4 Å². The van der Waals surface area contributed by atoms with Crippen molar-refractivity contribution in [3.8, 4) is 5.75 Å². The second-order valence-corrected chi connectivity index (χ2v) is 17.3. The highest BCUT2D eigenvalue weighted by Gasteiger charge is 2.31. The lowest BCUT2D eigenvalue weighted by Gasteiger charge is -2.24. The Morgan fingerprint density at radius 2 is 1.46 bits per heavy atom. The predicted octanol–water partition coefficient (Wildman–Crippen LogP) is 6.43. The van der Waals surface area contributed by atoms with Gasteiger partial charge in [0.1, 0.15) is 39.0 Å². The number of rotatable bonds is 9. The minimum Gasteiger partial charge on any atom is -0.491 e. The van der Waals surface area contributed by atoms with Crippen LogP contribution in [0.3, 0.4) is 0 Å². The Balaban J connectivity index is 0.000000199. The molecule has 2 atom stereocenters. The zero-order chi connectivity index (χ0) is 38.1. The van der Waals surface area contributed by atoms with Crippen LogP contribution in [0.2, 0.25) is 5.15 Å². The van der Waals surface area contributed by atoms with Gasteiger partial charge in [-0.2, -0.15) is 0 Å². The summed E-state index contributed by atoms with van der Waals surface area (Å²) < 4.78 is 6.23. The lowest BCUT2D eigenvalue weighted by atomic mass is 9.87. The molecule has 15 heteroatoms. The molecule has 0 spiro atoms. The van der Waals surface area contributed by atoms with Gasteiger partial charge in [0, 0.05) is 62.5 Å². The third-order valence-electron chi connectivity index (χ3n) is 10.2. The molecule has 0 unspecified atom stereocenters. The monoisotopic (exact) mass is 787 g/mol. The molecule has 1 aliphatic heterocycles. The molecule has 1 N–H and O–H groups in total. The van der Waals surface area contributed by atoms with Crippen LogP contribution in [0.25, 0.3) is 20.4 Å². The van der Waals surface area contributed by atoms with Crippen LogP contribution in [0.1, 0.15) is 51.3 Å². The Kier molecular flexibility index (Phi) is 11.4. The smallest absolute Gasteiger partial charge is 0.225 e. The minimum absolute atomic E-state index is 0.0353. The summed E-state index contributed by atoms with van der Waals surface area (Å²) in [6.07, 6.45) is 11.0. The van der Waals surface area contributed by atoms with Gasteiger partial charge in [-0.25, -0.2) is 19.9 Å². The number of ether oxygens (including phenoxy) is 1. The fourth-order valence-corrected chi connectivity index (χ4v) is 10.3. The van der Waals surface area contributed by atoms with Crippen molar-refractivity contribution < 1.29 is 14.3 Å². The second kappa shape index (κ2) is 16.2. The minimum atomic E-state index is 0.0353. The number of fused-ring (bicyclic) bond motifs is 7. The average molecular weight is 788 g/mol. The molecule has 1 aromatic carbocycles. The quantitative estimate of drug-likeness (QED) is 0.133. The number of carbonyl (C=O) groups excluding carboxylic acids is 2. The third-order valence-corrected chi connectivity index (χ3v) is 12.8. The fourth-order valence-electron chi connectivity index (χ4n) is 7.47. The molecule has 0 bridgehead atoms. The van der Waals surface area contributed by atoms with Crippen molar-refractivity contribution in [2.24, 2.45) is 16.8 Å². The number of nitrogens with zero attached hydrogens (tertiary/aromatic N) is 8. The van der Waals surface area contributed by atoms with Crippen LogP contribution >= 0.6 is 34.3 Å². The van der Waals surface area contributed by atoms with Gasteiger partial charge in [-0.3, -0.25) is 14.6 Å². The largest absolute Gasteiger partial charge is 0.491 e. The Morgan fingerprint density at radius 1 is 0.852 bits per heavy atom. The first-order chi connectivity index (χ1) is 26.0. The van der Waals surface area contributed by atoms with Gasteiger partial charge >= 0.3 is 0 Å². The molecule has 4 aromatic heterocycles. The number of halogens is 1. The van der Waals surface area contributed by atoms with E-state index in [1.54, 1.807) is 38.8 Å². The summed E-state index contributed by atoms with van der Waals surface area (Å²) in [5, 5.41) is 6.15. The van der Waals surface area contributed by atoms with E-state index in [9.17, 15) is 9.59 Å². The number of aliphatic imine (C=N–C) groups is 1. The number of anilines is 2. The Bertz CT molecular complexity index is 2230. The van der Waals surface area contributed by atoms with E-state index < -0.39 is 0 Å². The van der Waals surface area contributed by atoms with E-state index in [0.717, 1.165) is 94.7 Å². The lowest BCUT2D eigenvalue weighted by Crippen LogP contribution is -2.32. The lowest BCUT2D eigenvalue weighted by molar-refractivity contribution is -0.134. The molecule has 0 saturated carbocycles. The van der Waals surface area contributed by atoms with Crippen LogP contribution in [0.5, 0.6) is 5.75 Å². The van der Waals surface area contributed by atoms with Crippen LogP contribution in [-0.4, -0.2) is 108 Å². The van der Waals surface area contributed by atoms with Crippen LogP contribution in [0, 0.1) is 11.8 Å². The van der Waals surface area contributed by atoms with E-state index >= 15 is 0 Å². The van der Waals surface area contributed by atoms with Gasteiger partial charge in [-0.15, -0.1) is 22.7 Å². The molecule has 8 rings (SSSR count). The van der Waals surface area contributed by atoms with Crippen LogP contribution in [0.4, 0.5) is 11.5 Å². The number of benzene rings is 1. The second-order valence-electron chi connectivity index (χ2n) is 14.7. The van der Waals surface area contributed by atoms with E-state index in [-0.39, 0.29) is 23.7 Å². The van der Waals surface area contributed by atoms with Crippen LogP contribution in [-0.2, 0) is 41.8 Å². The van der Waals surface area contributed by atoms with Gasteiger partial charge in [0.25, 0.3) is 0 Å². The van der Waals surface area contributed by atoms with Gasteiger partial charge in [0.15, 0.2) is 0 Å². The van der Waals surface area contributed by atoms with Crippen molar-refractivity contribution in [2.45, 2.75) is 51.5 Å². The first-order valence-electron chi connectivity index (χ1n) is 18.3. The van der Waals surface area contributed by atoms with Gasteiger partial charge in [0.2, 0.25) is 11.8 Å². The van der Waals surface area contributed by atoms with Gasteiger partial charge < -0.3 is 24.8 Å². The first kappa shape index (κ1) is 38.1. The number of thiophene rings is 2. The van der Waals surface area contributed by atoms with Gasteiger partial charge in [-0.1, -0.05) is 11.6 Å². The van der Waals surface area contributed by atoms with E-state index in [1.165, 1.54) is 32.8 Å². The summed E-state index contributed by atoms with van der Waals surface area (Å²) in [6, 6.07) is 4.20. The van der Waals surface area contributed by atoms with Crippen LogP contribution in [0.15, 0.2) is 29.8 Å². The van der Waals surface area contributed by atoms with E-state index in [0.29, 0.717) is 18.3 Å². The standard InChI is InChI=1S/C26H32N6O2S.C13H14ClN3OS/c1-31(2)8-5-9-34-21-11-18-14-27-13-17(18)10-20(21)30-24-23-19-7-6-16(26(33)32(3)4)12-22(19)35-25(23)29-15-28-24;1-17(2)13(18)7-3-4-8-9(5-7)19-12-10(8)11(14)15-6-16-12/h10-11,13,15-16H,5-9,12,14H2,1-4H3,(H,28,29,30);6-7H,3-5H2,1-2H3/t16-;7-/m00/s1. The van der Waals surface area contributed by atoms with Crippen molar-refractivity contribution in [1.29, 1.82) is 0 Å². The fraction of sp³-hybridized carbons (Fsp3) is 0.462. The summed E-state index contributed by atoms with van der Waals surface area (Å²) in [6.45, 7) is 2.30. The molecule has 5 heterocycles. The summed E-state index contributed by atoms with van der Waals surface area (Å²) in [5.41, 5.74) is 5.69. The zero-order valence-electron chi connectivity index (χ0n) is 31.6. The predicted molar refractivity (Wildman–Crippen MR) is 218 cm³/mol. The molecule has 5 aromatic rings. The van der Waals surface area contributed by atoms with E-state index in [1.807, 2.05) is 34.4 Å². The molecule has 0 saturated heterocycles. The van der Waals surface area contributed by atoms with Gasteiger partial charge in [0.05, 0.1) is 29.6 Å². The number of aryl methyl sites for hydroxylation is 2. The number of carbonyl (C=O) groups is 2. The number of aromatic nitrogens is 4. The highest BCUT2D eigenvalue weighted by Crippen LogP contribution is 2.43. The molecule has 2 amide bonds. The van der Waals surface area contributed by atoms with Crippen molar-refractivity contribution in [1.82, 2.24) is 34.6 Å². The normalized spacial score (nSPS) is 17.1. The highest BCUT2D eigenvalue weighted by atomic mass is 35.5. The maximum Gasteiger partial charge on any atom is 0.225 e. The number of hydrogen-bond acceptors (Lipinski definition) is 12. The topological polar surface area (TPSA) is 129 Å². The average Bonchev–Trinajstić information content (AvgIpc) is 3.87. The maximum absolute atomic E-state index is 12.6. The molecule has 284 valence electrons. The molecule has 3 aliphatic rings. The van der Waals surface area contributed by atoms with Crippen molar-refractivity contribution in [3.05, 3.63) is 61.9 Å². The molecule has 54 heavy (non-hydrogen) atoms. The number of nitrogens with one attached hydrogen (secondary N) is 1. The maximum atomic E-state index is 12.6. The summed E-state index contributed by atoms with van der Waals surface area (Å²) in [7, 11) is 11.4. The van der Waals surface area contributed by atoms with E-state index in [2.05, 4.69) is 61.4 Å². The van der Waals surface area contributed by atoms with Crippen molar-refractivity contribution in [2.75, 3.05) is 60.8 Å². The van der Waals surface area contributed by atoms with Crippen molar-refractivity contribution in [3.63, 3.8) is 0 Å².